The van der Waals surface area contributed by atoms with E-state index in [1.807, 2.05) is 42.4 Å². The zero-order valence-electron chi connectivity index (χ0n) is 10.2. The van der Waals surface area contributed by atoms with Crippen LogP contribution >= 0.6 is 11.6 Å². The van der Waals surface area contributed by atoms with E-state index in [0.29, 0.717) is 17.3 Å². The van der Waals surface area contributed by atoms with E-state index in [-0.39, 0.29) is 0 Å². The molecular weight excluding hydrogens is 248 g/mol. The second kappa shape index (κ2) is 5.80. The van der Waals surface area contributed by atoms with Crippen molar-refractivity contribution in [1.82, 2.24) is 9.97 Å². The molecule has 94 valence electrons. The fourth-order valence-corrected chi connectivity index (χ4v) is 1.86. The van der Waals surface area contributed by atoms with Crippen molar-refractivity contribution < 1.29 is 0 Å². The van der Waals surface area contributed by atoms with E-state index in [4.69, 9.17) is 17.3 Å². The molecule has 0 aliphatic rings. The topological polar surface area (TPSA) is 55.0 Å². The highest BCUT2D eigenvalue weighted by Crippen LogP contribution is 2.19. The lowest BCUT2D eigenvalue weighted by Crippen LogP contribution is -2.18. The van der Waals surface area contributed by atoms with Crippen LogP contribution in [0.15, 0.2) is 36.7 Å². The summed E-state index contributed by atoms with van der Waals surface area (Å²) in [5, 5.41) is 0.607. The SMILES string of the molecule is CN(Cc1cccnc1)c1ccc(Cl)c(CN)n1. The summed E-state index contributed by atoms with van der Waals surface area (Å²) in [6.45, 7) is 1.08. The molecule has 0 saturated heterocycles. The summed E-state index contributed by atoms with van der Waals surface area (Å²) in [6, 6.07) is 7.66. The van der Waals surface area contributed by atoms with Crippen molar-refractivity contribution >= 4 is 17.4 Å². The maximum absolute atomic E-state index is 5.99. The van der Waals surface area contributed by atoms with Crippen LogP contribution in [0.1, 0.15) is 11.3 Å². The Bertz CT molecular complexity index is 516. The molecular formula is C13H15ClN4. The Kier molecular flexibility index (Phi) is 4.12. The Morgan fingerprint density at radius 1 is 1.33 bits per heavy atom. The van der Waals surface area contributed by atoms with E-state index in [9.17, 15) is 0 Å². The first kappa shape index (κ1) is 12.8. The molecule has 0 spiro atoms. The van der Waals surface area contributed by atoms with Crippen molar-refractivity contribution in [3.8, 4) is 0 Å². The molecule has 2 N–H and O–H groups in total. The van der Waals surface area contributed by atoms with Crippen LogP contribution in [0.5, 0.6) is 0 Å². The molecule has 0 unspecified atom stereocenters. The smallest absolute Gasteiger partial charge is 0.129 e. The van der Waals surface area contributed by atoms with E-state index in [1.54, 1.807) is 6.20 Å². The molecule has 0 fully saturated rings. The van der Waals surface area contributed by atoms with Crippen molar-refractivity contribution in [2.75, 3.05) is 11.9 Å². The lowest BCUT2D eigenvalue weighted by atomic mass is 10.2. The highest BCUT2D eigenvalue weighted by molar-refractivity contribution is 6.31. The van der Waals surface area contributed by atoms with E-state index in [0.717, 1.165) is 17.9 Å². The predicted molar refractivity (Wildman–Crippen MR) is 73.5 cm³/mol. The van der Waals surface area contributed by atoms with Crippen molar-refractivity contribution in [3.05, 3.63) is 52.9 Å². The summed E-state index contributed by atoms with van der Waals surface area (Å²) in [4.78, 5) is 10.6. The van der Waals surface area contributed by atoms with Gasteiger partial charge < -0.3 is 10.6 Å². The highest BCUT2D eigenvalue weighted by atomic mass is 35.5. The summed E-state index contributed by atoms with van der Waals surface area (Å²) in [7, 11) is 1.98. The molecule has 0 bridgehead atoms. The van der Waals surface area contributed by atoms with Gasteiger partial charge in [0, 0.05) is 32.5 Å². The van der Waals surface area contributed by atoms with Gasteiger partial charge in [-0.15, -0.1) is 0 Å². The number of aromatic nitrogens is 2. The molecule has 2 rings (SSSR count). The number of nitrogens with two attached hydrogens (primary N) is 1. The molecule has 4 nitrogen and oxygen atoms in total. The Hall–Kier alpha value is -1.65. The van der Waals surface area contributed by atoms with Crippen molar-refractivity contribution in [3.63, 3.8) is 0 Å². The number of hydrogen-bond acceptors (Lipinski definition) is 4. The van der Waals surface area contributed by atoms with Gasteiger partial charge in [-0.25, -0.2) is 4.98 Å². The Morgan fingerprint density at radius 3 is 2.83 bits per heavy atom. The average Bonchev–Trinajstić information content (AvgIpc) is 2.40. The first-order chi connectivity index (χ1) is 8.70. The maximum Gasteiger partial charge on any atom is 0.129 e. The Labute approximate surface area is 111 Å². The number of halogens is 1. The molecule has 0 aromatic carbocycles. The molecule has 2 aromatic heterocycles. The van der Waals surface area contributed by atoms with Gasteiger partial charge in [-0.3, -0.25) is 4.98 Å². The van der Waals surface area contributed by atoms with Crippen LogP contribution in [-0.2, 0) is 13.1 Å². The quantitative estimate of drug-likeness (QED) is 0.918. The monoisotopic (exact) mass is 262 g/mol. The molecule has 0 saturated carbocycles. The lowest BCUT2D eigenvalue weighted by Gasteiger charge is -2.19. The average molecular weight is 263 g/mol. The van der Waals surface area contributed by atoms with Crippen LogP contribution in [0.4, 0.5) is 5.82 Å². The van der Waals surface area contributed by atoms with Gasteiger partial charge in [0.15, 0.2) is 0 Å². The third kappa shape index (κ3) is 2.97. The summed E-state index contributed by atoms with van der Waals surface area (Å²) >= 11 is 5.99. The second-order valence-corrected chi connectivity index (χ2v) is 4.43. The number of nitrogens with zero attached hydrogens (tertiary/aromatic N) is 3. The van der Waals surface area contributed by atoms with Crippen LogP contribution in [0.2, 0.25) is 5.02 Å². The first-order valence-corrected chi connectivity index (χ1v) is 6.04. The molecule has 18 heavy (non-hydrogen) atoms. The molecule has 5 heteroatoms. The minimum atomic E-state index is 0.341. The Morgan fingerprint density at radius 2 is 2.17 bits per heavy atom. The number of rotatable bonds is 4. The van der Waals surface area contributed by atoms with Gasteiger partial charge >= 0.3 is 0 Å². The fraction of sp³-hybridized carbons (Fsp3) is 0.231. The van der Waals surface area contributed by atoms with Crippen LogP contribution in [0.3, 0.4) is 0 Å². The second-order valence-electron chi connectivity index (χ2n) is 4.02. The standard InChI is InChI=1S/C13H15ClN4/c1-18(9-10-3-2-6-16-8-10)13-5-4-11(14)12(7-15)17-13/h2-6,8H,7,9,15H2,1H3. The molecule has 0 atom stereocenters. The van der Waals surface area contributed by atoms with E-state index in [2.05, 4.69) is 9.97 Å². The van der Waals surface area contributed by atoms with Gasteiger partial charge in [0.25, 0.3) is 0 Å². The highest BCUT2D eigenvalue weighted by Gasteiger charge is 2.07. The minimum Gasteiger partial charge on any atom is -0.355 e. The fourth-order valence-electron chi connectivity index (χ4n) is 1.68. The summed E-state index contributed by atoms with van der Waals surface area (Å²) in [5.74, 6) is 0.851. The van der Waals surface area contributed by atoms with Crippen molar-refractivity contribution in [1.29, 1.82) is 0 Å². The van der Waals surface area contributed by atoms with Crippen LogP contribution < -0.4 is 10.6 Å². The van der Waals surface area contributed by atoms with Gasteiger partial charge in [0.2, 0.25) is 0 Å². The molecule has 0 aliphatic heterocycles. The van der Waals surface area contributed by atoms with Gasteiger partial charge in [-0.1, -0.05) is 17.7 Å². The van der Waals surface area contributed by atoms with Crippen LogP contribution in [-0.4, -0.2) is 17.0 Å². The normalized spacial score (nSPS) is 10.4. The minimum absolute atomic E-state index is 0.341. The third-order valence-electron chi connectivity index (χ3n) is 2.63. The zero-order chi connectivity index (χ0) is 13.0. The van der Waals surface area contributed by atoms with E-state index >= 15 is 0 Å². The third-order valence-corrected chi connectivity index (χ3v) is 2.98. The maximum atomic E-state index is 5.99. The lowest BCUT2D eigenvalue weighted by molar-refractivity contribution is 0.874. The summed E-state index contributed by atoms with van der Waals surface area (Å²) in [5.41, 5.74) is 7.44. The molecule has 0 aliphatic carbocycles. The van der Waals surface area contributed by atoms with Crippen LogP contribution in [0, 0.1) is 0 Å². The molecule has 0 amide bonds. The van der Waals surface area contributed by atoms with Crippen LogP contribution in [0.25, 0.3) is 0 Å². The zero-order valence-corrected chi connectivity index (χ0v) is 10.9. The van der Waals surface area contributed by atoms with Crippen molar-refractivity contribution in [2.24, 2.45) is 5.73 Å². The van der Waals surface area contributed by atoms with E-state index in [1.165, 1.54) is 0 Å². The van der Waals surface area contributed by atoms with Crippen molar-refractivity contribution in [2.45, 2.75) is 13.1 Å². The number of pyridine rings is 2. The first-order valence-electron chi connectivity index (χ1n) is 5.66. The van der Waals surface area contributed by atoms with Gasteiger partial charge in [0.05, 0.1) is 10.7 Å². The largest absolute Gasteiger partial charge is 0.355 e. The summed E-state index contributed by atoms with van der Waals surface area (Å²) in [6.07, 6.45) is 3.60. The number of hydrogen-bond donors (Lipinski definition) is 1. The van der Waals surface area contributed by atoms with Gasteiger partial charge in [0.1, 0.15) is 5.82 Å². The number of anilines is 1. The molecule has 2 aromatic rings. The van der Waals surface area contributed by atoms with E-state index < -0.39 is 0 Å². The summed E-state index contributed by atoms with van der Waals surface area (Å²) < 4.78 is 0. The van der Waals surface area contributed by atoms with Gasteiger partial charge in [-0.2, -0.15) is 0 Å². The molecule has 2 heterocycles. The van der Waals surface area contributed by atoms with Gasteiger partial charge in [-0.05, 0) is 23.8 Å². The molecule has 0 radical (unpaired) electrons. The Balaban J connectivity index is 2.16. The predicted octanol–water partition coefficient (Wildman–Crippen LogP) is 2.23.